The van der Waals surface area contributed by atoms with Crippen LogP contribution in [-0.2, 0) is 16.6 Å². The van der Waals surface area contributed by atoms with Crippen LogP contribution in [0.5, 0.6) is 5.75 Å². The summed E-state index contributed by atoms with van der Waals surface area (Å²) in [6, 6.07) is 13.7. The molecule has 2 aromatic rings. The molecule has 0 spiro atoms. The number of nitrogens with zero attached hydrogens (tertiary/aromatic N) is 1. The maximum absolute atomic E-state index is 12.6. The van der Waals surface area contributed by atoms with Gasteiger partial charge < -0.3 is 10.1 Å². The zero-order chi connectivity index (χ0) is 20.9. The number of hydrogen-bond donors (Lipinski definition) is 1. The van der Waals surface area contributed by atoms with E-state index in [1.54, 1.807) is 48.5 Å². The van der Waals surface area contributed by atoms with E-state index >= 15 is 0 Å². The number of ether oxygens (including phenoxy) is 1. The van der Waals surface area contributed by atoms with Gasteiger partial charge in [-0.15, -0.1) is 0 Å². The van der Waals surface area contributed by atoms with Gasteiger partial charge in [0.2, 0.25) is 10.0 Å². The summed E-state index contributed by atoms with van der Waals surface area (Å²) in [6.07, 6.45) is 1.82. The van der Waals surface area contributed by atoms with Gasteiger partial charge in [-0.25, -0.2) is 8.42 Å². The second kappa shape index (κ2) is 9.41. The number of carbonyl (C=O) groups is 1. The van der Waals surface area contributed by atoms with Gasteiger partial charge in [0.15, 0.2) is 0 Å². The fourth-order valence-electron chi connectivity index (χ4n) is 3.11. The van der Waals surface area contributed by atoms with E-state index in [0.29, 0.717) is 42.6 Å². The molecule has 0 saturated carbocycles. The third kappa shape index (κ3) is 5.58. The lowest BCUT2D eigenvalue weighted by atomic mass is 10.2. The van der Waals surface area contributed by atoms with Crippen LogP contribution in [0.25, 0.3) is 0 Å². The number of rotatable bonds is 8. The fraction of sp³-hybridized carbons (Fsp3) is 0.409. The van der Waals surface area contributed by atoms with E-state index < -0.39 is 10.0 Å². The maximum Gasteiger partial charge on any atom is 0.251 e. The number of sulfonamides is 1. The monoisotopic (exact) mass is 416 g/mol. The van der Waals surface area contributed by atoms with Crippen molar-refractivity contribution in [3.63, 3.8) is 0 Å². The van der Waals surface area contributed by atoms with Crippen molar-refractivity contribution in [1.82, 2.24) is 9.62 Å². The minimum atomic E-state index is -3.41. The minimum absolute atomic E-state index is 0.186. The van der Waals surface area contributed by atoms with E-state index in [1.165, 1.54) is 4.31 Å². The molecular weight excluding hydrogens is 388 g/mol. The van der Waals surface area contributed by atoms with Gasteiger partial charge in [0, 0.05) is 25.2 Å². The Hall–Kier alpha value is -2.38. The predicted octanol–water partition coefficient (Wildman–Crippen LogP) is 3.44. The molecule has 0 aromatic heterocycles. The molecule has 1 fully saturated rings. The molecule has 0 bridgehead atoms. The summed E-state index contributed by atoms with van der Waals surface area (Å²) < 4.78 is 32.3. The molecule has 1 heterocycles. The smallest absolute Gasteiger partial charge is 0.251 e. The number of amides is 1. The molecule has 0 atom stereocenters. The highest BCUT2D eigenvalue weighted by molar-refractivity contribution is 7.89. The van der Waals surface area contributed by atoms with Crippen molar-refractivity contribution in [1.29, 1.82) is 0 Å². The van der Waals surface area contributed by atoms with Crippen molar-refractivity contribution < 1.29 is 17.9 Å². The van der Waals surface area contributed by atoms with Crippen LogP contribution in [0.3, 0.4) is 0 Å². The molecule has 0 aliphatic carbocycles. The molecule has 6 nitrogen and oxygen atoms in total. The van der Waals surface area contributed by atoms with Crippen LogP contribution in [0.4, 0.5) is 0 Å². The summed E-state index contributed by atoms with van der Waals surface area (Å²) in [7, 11) is -3.41. The summed E-state index contributed by atoms with van der Waals surface area (Å²) >= 11 is 0. The van der Waals surface area contributed by atoms with Crippen LogP contribution in [-0.4, -0.2) is 38.3 Å². The van der Waals surface area contributed by atoms with E-state index in [1.807, 2.05) is 0 Å². The number of benzene rings is 2. The molecule has 29 heavy (non-hydrogen) atoms. The average Bonchev–Trinajstić information content (AvgIpc) is 3.27. The molecule has 156 valence electrons. The van der Waals surface area contributed by atoms with Gasteiger partial charge in [-0.1, -0.05) is 26.0 Å². The van der Waals surface area contributed by atoms with Gasteiger partial charge in [-0.3, -0.25) is 4.79 Å². The van der Waals surface area contributed by atoms with Crippen LogP contribution in [0, 0.1) is 5.92 Å². The van der Waals surface area contributed by atoms with E-state index in [9.17, 15) is 13.2 Å². The Bertz CT molecular complexity index is 916. The Kier molecular flexibility index (Phi) is 6.92. The molecular formula is C22H28N2O4S. The zero-order valence-electron chi connectivity index (χ0n) is 16.9. The first-order chi connectivity index (χ1) is 13.9. The van der Waals surface area contributed by atoms with Crippen LogP contribution in [0.2, 0.25) is 0 Å². The first kappa shape index (κ1) is 21.3. The highest BCUT2D eigenvalue weighted by atomic mass is 32.2. The van der Waals surface area contributed by atoms with Crippen LogP contribution >= 0.6 is 0 Å². The van der Waals surface area contributed by atoms with Gasteiger partial charge in [-0.05, 0) is 60.7 Å². The highest BCUT2D eigenvalue weighted by Crippen LogP contribution is 2.21. The van der Waals surface area contributed by atoms with Crippen LogP contribution in [0.1, 0.15) is 42.6 Å². The largest absolute Gasteiger partial charge is 0.493 e. The van der Waals surface area contributed by atoms with Crippen molar-refractivity contribution >= 4 is 15.9 Å². The Morgan fingerprint density at radius 2 is 1.66 bits per heavy atom. The Balaban J connectivity index is 1.55. The summed E-state index contributed by atoms with van der Waals surface area (Å²) in [4.78, 5) is 12.6. The van der Waals surface area contributed by atoms with E-state index in [0.717, 1.165) is 24.2 Å². The lowest BCUT2D eigenvalue weighted by Gasteiger charge is -2.15. The SMILES string of the molecule is CC(C)COc1ccc(C(=O)NCc2ccc(S(=O)(=O)N3CCCC3)cc2)cc1. The molecule has 3 rings (SSSR count). The fourth-order valence-corrected chi connectivity index (χ4v) is 4.62. The van der Waals surface area contributed by atoms with E-state index in [-0.39, 0.29) is 5.91 Å². The van der Waals surface area contributed by atoms with Gasteiger partial charge in [0.05, 0.1) is 11.5 Å². The van der Waals surface area contributed by atoms with Gasteiger partial charge >= 0.3 is 0 Å². The van der Waals surface area contributed by atoms with Crippen molar-refractivity contribution in [2.24, 2.45) is 5.92 Å². The normalized spacial score (nSPS) is 14.9. The minimum Gasteiger partial charge on any atom is -0.493 e. The standard InChI is InChI=1S/C22H28N2O4S/c1-17(2)16-28-20-9-7-19(8-10-20)22(25)23-15-18-5-11-21(12-6-18)29(26,27)24-13-3-4-14-24/h5-12,17H,3-4,13-16H2,1-2H3,(H,23,25). The third-order valence-corrected chi connectivity index (χ3v) is 6.69. The Morgan fingerprint density at radius 3 is 2.24 bits per heavy atom. The van der Waals surface area contributed by atoms with Crippen molar-refractivity contribution in [2.75, 3.05) is 19.7 Å². The highest BCUT2D eigenvalue weighted by Gasteiger charge is 2.26. The summed E-state index contributed by atoms with van der Waals surface area (Å²) in [6.45, 7) is 6.29. The summed E-state index contributed by atoms with van der Waals surface area (Å²) in [5.74, 6) is 0.994. The third-order valence-electron chi connectivity index (χ3n) is 4.78. The lowest BCUT2D eigenvalue weighted by Crippen LogP contribution is -2.28. The number of nitrogens with one attached hydrogen (secondary N) is 1. The van der Waals surface area contributed by atoms with E-state index in [4.69, 9.17) is 4.74 Å². The first-order valence-corrected chi connectivity index (χ1v) is 11.4. The topological polar surface area (TPSA) is 75.7 Å². The molecule has 0 radical (unpaired) electrons. The lowest BCUT2D eigenvalue weighted by molar-refractivity contribution is 0.0951. The number of hydrogen-bond acceptors (Lipinski definition) is 4. The van der Waals surface area contributed by atoms with Crippen LogP contribution < -0.4 is 10.1 Å². The Morgan fingerprint density at radius 1 is 1.03 bits per heavy atom. The molecule has 2 aromatic carbocycles. The molecule has 1 N–H and O–H groups in total. The molecule has 0 unspecified atom stereocenters. The quantitative estimate of drug-likeness (QED) is 0.715. The summed E-state index contributed by atoms with van der Waals surface area (Å²) in [5, 5.41) is 2.86. The molecule has 1 amide bonds. The maximum atomic E-state index is 12.6. The number of carbonyl (C=O) groups excluding carboxylic acids is 1. The molecule has 1 aliphatic rings. The van der Waals surface area contributed by atoms with E-state index in [2.05, 4.69) is 19.2 Å². The Labute approximate surface area is 172 Å². The second-order valence-electron chi connectivity index (χ2n) is 7.67. The van der Waals surface area contributed by atoms with Crippen molar-refractivity contribution in [3.8, 4) is 5.75 Å². The molecule has 7 heteroatoms. The second-order valence-corrected chi connectivity index (χ2v) is 9.60. The zero-order valence-corrected chi connectivity index (χ0v) is 17.7. The van der Waals surface area contributed by atoms with Crippen molar-refractivity contribution in [3.05, 3.63) is 59.7 Å². The first-order valence-electron chi connectivity index (χ1n) is 9.96. The van der Waals surface area contributed by atoms with Gasteiger partial charge in [0.1, 0.15) is 5.75 Å². The van der Waals surface area contributed by atoms with Gasteiger partial charge in [-0.2, -0.15) is 4.31 Å². The summed E-state index contributed by atoms with van der Waals surface area (Å²) in [5.41, 5.74) is 1.39. The van der Waals surface area contributed by atoms with Crippen LogP contribution in [0.15, 0.2) is 53.4 Å². The predicted molar refractivity (Wildman–Crippen MR) is 112 cm³/mol. The molecule has 1 aliphatic heterocycles. The van der Waals surface area contributed by atoms with Crippen molar-refractivity contribution in [2.45, 2.75) is 38.1 Å². The molecule has 1 saturated heterocycles. The van der Waals surface area contributed by atoms with Gasteiger partial charge in [0.25, 0.3) is 5.91 Å². The average molecular weight is 417 g/mol.